The first kappa shape index (κ1) is 14.1. The monoisotopic (exact) mass is 319 g/mol. The highest BCUT2D eigenvalue weighted by molar-refractivity contribution is 7.16. The Bertz CT molecular complexity index is 793. The second-order valence-corrected chi connectivity index (χ2v) is 6.15. The summed E-state index contributed by atoms with van der Waals surface area (Å²) in [6.45, 7) is 4.21. The number of anilines is 1. The lowest BCUT2D eigenvalue weighted by Gasteiger charge is -2.12. The van der Waals surface area contributed by atoms with E-state index >= 15 is 0 Å². The Morgan fingerprint density at radius 3 is 2.67 bits per heavy atom. The number of nitrogens with two attached hydrogens (primary N) is 1. The molecule has 0 radical (unpaired) electrons. The van der Waals surface area contributed by atoms with E-state index in [9.17, 15) is 0 Å². The lowest BCUT2D eigenvalue weighted by Crippen LogP contribution is -2.05. The highest BCUT2D eigenvalue weighted by atomic mass is 35.5. The molecule has 6 heteroatoms. The Labute approximate surface area is 131 Å². The average molecular weight is 320 g/mol. The van der Waals surface area contributed by atoms with Gasteiger partial charge in [-0.2, -0.15) is 0 Å². The van der Waals surface area contributed by atoms with E-state index < -0.39 is 0 Å². The molecule has 21 heavy (non-hydrogen) atoms. The van der Waals surface area contributed by atoms with Gasteiger partial charge in [0.15, 0.2) is 5.82 Å². The van der Waals surface area contributed by atoms with Crippen molar-refractivity contribution in [2.45, 2.75) is 20.5 Å². The summed E-state index contributed by atoms with van der Waals surface area (Å²) in [5.41, 5.74) is 7.91. The van der Waals surface area contributed by atoms with Crippen LogP contribution in [0.2, 0.25) is 5.02 Å². The molecule has 0 aliphatic rings. The molecule has 0 saturated carbocycles. The third kappa shape index (κ3) is 2.80. The zero-order valence-corrected chi connectivity index (χ0v) is 13.3. The van der Waals surface area contributed by atoms with Crippen molar-refractivity contribution < 1.29 is 4.74 Å². The van der Waals surface area contributed by atoms with Gasteiger partial charge in [-0.25, -0.2) is 9.97 Å². The van der Waals surface area contributed by atoms with Crippen molar-refractivity contribution in [3.8, 4) is 5.75 Å². The fraction of sp³-hybridized carbons (Fsp3) is 0.200. The van der Waals surface area contributed by atoms with Gasteiger partial charge in [0.25, 0.3) is 0 Å². The summed E-state index contributed by atoms with van der Waals surface area (Å²) in [7, 11) is 0. The van der Waals surface area contributed by atoms with E-state index in [2.05, 4.69) is 9.97 Å². The number of ether oxygens (including phenoxy) is 1. The van der Waals surface area contributed by atoms with Gasteiger partial charge in [0.2, 0.25) is 0 Å². The lowest BCUT2D eigenvalue weighted by atomic mass is 10.1. The molecule has 0 unspecified atom stereocenters. The van der Waals surface area contributed by atoms with Crippen LogP contribution in [0.25, 0.3) is 10.2 Å². The summed E-state index contributed by atoms with van der Waals surface area (Å²) < 4.78 is 5.85. The van der Waals surface area contributed by atoms with Crippen molar-refractivity contribution in [2.75, 3.05) is 5.73 Å². The largest absolute Gasteiger partial charge is 0.485 e. The van der Waals surface area contributed by atoms with E-state index in [0.29, 0.717) is 16.7 Å². The summed E-state index contributed by atoms with van der Waals surface area (Å²) in [5, 5.41) is 3.55. The van der Waals surface area contributed by atoms with Gasteiger partial charge < -0.3 is 10.5 Å². The fourth-order valence-corrected chi connectivity index (χ4v) is 3.37. The van der Waals surface area contributed by atoms with Crippen molar-refractivity contribution >= 4 is 39.0 Å². The van der Waals surface area contributed by atoms with Crippen molar-refractivity contribution in [3.63, 3.8) is 0 Å². The van der Waals surface area contributed by atoms with Gasteiger partial charge in [0, 0.05) is 5.02 Å². The smallest absolute Gasteiger partial charge is 0.169 e. The molecule has 0 saturated heterocycles. The Kier molecular flexibility index (Phi) is 3.69. The van der Waals surface area contributed by atoms with Gasteiger partial charge in [0.1, 0.15) is 23.0 Å². The van der Waals surface area contributed by atoms with E-state index in [1.165, 1.54) is 0 Å². The molecule has 0 aliphatic heterocycles. The number of fused-ring (bicyclic) bond motifs is 1. The number of halogens is 1. The minimum absolute atomic E-state index is 0.279. The van der Waals surface area contributed by atoms with E-state index in [1.807, 2.05) is 37.4 Å². The number of nitrogen functional groups attached to an aromatic ring is 1. The molecule has 3 aromatic rings. The van der Waals surface area contributed by atoms with E-state index in [0.717, 1.165) is 27.1 Å². The molecule has 0 aliphatic carbocycles. The molecule has 2 N–H and O–H groups in total. The highest BCUT2D eigenvalue weighted by Gasteiger charge is 2.10. The van der Waals surface area contributed by atoms with Crippen LogP contribution in [0.5, 0.6) is 5.75 Å². The number of benzene rings is 1. The van der Waals surface area contributed by atoms with Crippen LogP contribution < -0.4 is 10.5 Å². The summed E-state index contributed by atoms with van der Waals surface area (Å²) in [4.78, 5) is 9.63. The maximum atomic E-state index is 6.02. The van der Waals surface area contributed by atoms with Crippen LogP contribution in [0.15, 0.2) is 23.6 Å². The van der Waals surface area contributed by atoms with Gasteiger partial charge in [-0.05, 0) is 48.6 Å². The summed E-state index contributed by atoms with van der Waals surface area (Å²) >= 11 is 7.56. The molecule has 4 nitrogen and oxygen atoms in total. The van der Waals surface area contributed by atoms with Crippen LogP contribution in [0.1, 0.15) is 17.0 Å². The number of rotatable bonds is 3. The predicted octanol–water partition coefficient (Wildman–Crippen LogP) is 4.12. The van der Waals surface area contributed by atoms with Crippen LogP contribution in [-0.4, -0.2) is 9.97 Å². The average Bonchev–Trinajstić information content (AvgIpc) is 2.86. The maximum absolute atomic E-state index is 6.02. The highest BCUT2D eigenvalue weighted by Crippen LogP contribution is 2.28. The van der Waals surface area contributed by atoms with Crippen molar-refractivity contribution in [3.05, 3.63) is 45.6 Å². The van der Waals surface area contributed by atoms with Gasteiger partial charge in [-0.1, -0.05) is 11.6 Å². The number of aromatic nitrogens is 2. The number of hydrogen-bond acceptors (Lipinski definition) is 5. The molecule has 0 bridgehead atoms. The van der Waals surface area contributed by atoms with Crippen LogP contribution in [0.3, 0.4) is 0 Å². The molecule has 0 amide bonds. The first-order chi connectivity index (χ1) is 10.0. The molecule has 108 valence electrons. The molecule has 0 atom stereocenters. The summed E-state index contributed by atoms with van der Waals surface area (Å²) in [6.07, 6.45) is 0. The first-order valence-electron chi connectivity index (χ1n) is 6.43. The summed E-state index contributed by atoms with van der Waals surface area (Å²) in [6, 6.07) is 5.68. The minimum atomic E-state index is 0.279. The zero-order chi connectivity index (χ0) is 15.0. The van der Waals surface area contributed by atoms with Gasteiger partial charge in [0.05, 0.1) is 5.39 Å². The molecule has 3 rings (SSSR count). The van der Waals surface area contributed by atoms with Crippen LogP contribution in [0.4, 0.5) is 5.82 Å². The standard InChI is InChI=1S/C15H14ClN3OS/c1-8-5-10(16)6-9(2)13(8)20-7-12-18-14(17)11-3-4-21-15(11)19-12/h3-6H,7H2,1-2H3,(H2,17,18,19). The Morgan fingerprint density at radius 2 is 1.95 bits per heavy atom. The zero-order valence-electron chi connectivity index (χ0n) is 11.7. The van der Waals surface area contributed by atoms with Gasteiger partial charge >= 0.3 is 0 Å². The van der Waals surface area contributed by atoms with Gasteiger partial charge in [-0.15, -0.1) is 11.3 Å². The summed E-state index contributed by atoms with van der Waals surface area (Å²) in [5.74, 6) is 1.88. The lowest BCUT2D eigenvalue weighted by molar-refractivity contribution is 0.292. The molecule has 0 fully saturated rings. The number of nitrogens with zero attached hydrogens (tertiary/aromatic N) is 2. The molecule has 0 spiro atoms. The van der Waals surface area contributed by atoms with Crippen molar-refractivity contribution in [1.82, 2.24) is 9.97 Å². The molecule has 1 aromatic carbocycles. The molecular weight excluding hydrogens is 306 g/mol. The third-order valence-electron chi connectivity index (χ3n) is 3.17. The van der Waals surface area contributed by atoms with Crippen molar-refractivity contribution in [1.29, 1.82) is 0 Å². The number of aryl methyl sites for hydroxylation is 2. The minimum Gasteiger partial charge on any atom is -0.485 e. The van der Waals surface area contributed by atoms with Gasteiger partial charge in [-0.3, -0.25) is 0 Å². The SMILES string of the molecule is Cc1cc(Cl)cc(C)c1OCc1nc(N)c2ccsc2n1. The van der Waals surface area contributed by atoms with E-state index in [4.69, 9.17) is 22.1 Å². The third-order valence-corrected chi connectivity index (χ3v) is 4.20. The van der Waals surface area contributed by atoms with Crippen LogP contribution in [-0.2, 0) is 6.61 Å². The van der Waals surface area contributed by atoms with E-state index in [1.54, 1.807) is 11.3 Å². The topological polar surface area (TPSA) is 61.0 Å². The Hall–Kier alpha value is -1.85. The predicted molar refractivity (Wildman–Crippen MR) is 87.1 cm³/mol. The molecule has 2 heterocycles. The second kappa shape index (κ2) is 5.50. The van der Waals surface area contributed by atoms with Crippen molar-refractivity contribution in [2.24, 2.45) is 0 Å². The first-order valence-corrected chi connectivity index (χ1v) is 7.69. The normalized spacial score (nSPS) is 11.0. The number of thiophene rings is 1. The van der Waals surface area contributed by atoms with Crippen LogP contribution in [0, 0.1) is 13.8 Å². The molecule has 2 aromatic heterocycles. The Balaban J connectivity index is 1.86. The van der Waals surface area contributed by atoms with E-state index in [-0.39, 0.29) is 6.61 Å². The maximum Gasteiger partial charge on any atom is 0.169 e. The number of hydrogen-bond donors (Lipinski definition) is 1. The second-order valence-electron chi connectivity index (χ2n) is 4.82. The fourth-order valence-electron chi connectivity index (χ4n) is 2.25. The quantitative estimate of drug-likeness (QED) is 0.788. The molecular formula is C15H14ClN3OS. The van der Waals surface area contributed by atoms with Crippen LogP contribution >= 0.6 is 22.9 Å². The Morgan fingerprint density at radius 1 is 1.24 bits per heavy atom.